The SMILES string of the molecule is Cc1cc(Cl)c(C(C)C)cc1Oc1ccccc1C#N. The van der Waals surface area contributed by atoms with Gasteiger partial charge in [0.15, 0.2) is 0 Å². The van der Waals surface area contributed by atoms with Gasteiger partial charge in [-0.05, 0) is 48.2 Å². The molecule has 0 bridgehead atoms. The Morgan fingerprint density at radius 1 is 1.15 bits per heavy atom. The van der Waals surface area contributed by atoms with E-state index < -0.39 is 0 Å². The van der Waals surface area contributed by atoms with Crippen molar-refractivity contribution in [2.45, 2.75) is 26.7 Å². The molecule has 102 valence electrons. The van der Waals surface area contributed by atoms with Gasteiger partial charge < -0.3 is 4.74 Å². The van der Waals surface area contributed by atoms with Crippen LogP contribution in [-0.4, -0.2) is 0 Å². The molecule has 0 atom stereocenters. The zero-order valence-corrected chi connectivity index (χ0v) is 12.5. The summed E-state index contributed by atoms with van der Waals surface area (Å²) in [6, 6.07) is 13.2. The molecule has 2 aromatic carbocycles. The predicted octanol–water partition coefficient (Wildman–Crippen LogP) is 5.44. The molecular weight excluding hydrogens is 270 g/mol. The zero-order chi connectivity index (χ0) is 14.7. The lowest BCUT2D eigenvalue weighted by atomic mass is 10.0. The number of hydrogen-bond acceptors (Lipinski definition) is 2. The van der Waals surface area contributed by atoms with Crippen LogP contribution in [0, 0.1) is 18.3 Å². The third-order valence-electron chi connectivity index (χ3n) is 3.14. The van der Waals surface area contributed by atoms with Crippen molar-refractivity contribution >= 4 is 11.6 Å². The number of ether oxygens (including phenoxy) is 1. The minimum atomic E-state index is 0.316. The van der Waals surface area contributed by atoms with E-state index in [4.69, 9.17) is 21.6 Å². The number of nitriles is 1. The van der Waals surface area contributed by atoms with Crippen molar-refractivity contribution in [2.75, 3.05) is 0 Å². The van der Waals surface area contributed by atoms with Crippen LogP contribution in [-0.2, 0) is 0 Å². The molecule has 0 N–H and O–H groups in total. The molecule has 0 heterocycles. The summed E-state index contributed by atoms with van der Waals surface area (Å²) in [5.74, 6) is 1.62. The lowest BCUT2D eigenvalue weighted by Crippen LogP contribution is -1.95. The van der Waals surface area contributed by atoms with Crippen LogP contribution in [0.25, 0.3) is 0 Å². The van der Waals surface area contributed by atoms with Crippen molar-refractivity contribution in [3.63, 3.8) is 0 Å². The van der Waals surface area contributed by atoms with Crippen molar-refractivity contribution in [3.8, 4) is 17.6 Å². The van der Waals surface area contributed by atoms with Crippen molar-refractivity contribution in [3.05, 3.63) is 58.1 Å². The number of aryl methyl sites for hydroxylation is 1. The normalized spacial score (nSPS) is 10.4. The minimum Gasteiger partial charge on any atom is -0.456 e. The maximum atomic E-state index is 9.10. The van der Waals surface area contributed by atoms with Crippen molar-refractivity contribution in [1.82, 2.24) is 0 Å². The molecule has 0 aromatic heterocycles. The smallest absolute Gasteiger partial charge is 0.145 e. The number of hydrogen-bond donors (Lipinski definition) is 0. The number of halogens is 1. The summed E-state index contributed by atoms with van der Waals surface area (Å²) >= 11 is 6.25. The molecule has 2 nitrogen and oxygen atoms in total. The first-order chi connectivity index (χ1) is 9.52. The van der Waals surface area contributed by atoms with Crippen molar-refractivity contribution in [1.29, 1.82) is 5.26 Å². The second-order valence-electron chi connectivity index (χ2n) is 5.00. The van der Waals surface area contributed by atoms with Gasteiger partial charge in [-0.1, -0.05) is 37.6 Å². The highest BCUT2D eigenvalue weighted by Gasteiger charge is 2.12. The number of benzene rings is 2. The topological polar surface area (TPSA) is 33.0 Å². The van der Waals surface area contributed by atoms with Gasteiger partial charge in [0.25, 0.3) is 0 Å². The fraction of sp³-hybridized carbons (Fsp3) is 0.235. The molecular formula is C17H16ClNO. The standard InChI is InChI=1S/C17H16ClNO/c1-11(2)14-9-17(12(3)8-15(14)18)20-16-7-5-4-6-13(16)10-19/h4-9,11H,1-3H3. The van der Waals surface area contributed by atoms with Gasteiger partial charge >= 0.3 is 0 Å². The van der Waals surface area contributed by atoms with Gasteiger partial charge in [-0.25, -0.2) is 0 Å². The maximum Gasteiger partial charge on any atom is 0.145 e. The zero-order valence-electron chi connectivity index (χ0n) is 11.8. The highest BCUT2D eigenvalue weighted by molar-refractivity contribution is 6.31. The van der Waals surface area contributed by atoms with Gasteiger partial charge in [0.05, 0.1) is 5.56 Å². The molecule has 0 fully saturated rings. The molecule has 0 aliphatic carbocycles. The minimum absolute atomic E-state index is 0.316. The molecule has 0 saturated heterocycles. The summed E-state index contributed by atoms with van der Waals surface area (Å²) < 4.78 is 5.90. The molecule has 2 aromatic rings. The summed E-state index contributed by atoms with van der Waals surface area (Å²) in [5.41, 5.74) is 2.52. The second kappa shape index (κ2) is 5.98. The van der Waals surface area contributed by atoms with Crippen LogP contribution in [0.1, 0.15) is 36.5 Å². The van der Waals surface area contributed by atoms with Crippen molar-refractivity contribution < 1.29 is 4.74 Å². The van der Waals surface area contributed by atoms with E-state index in [0.29, 0.717) is 17.2 Å². The maximum absolute atomic E-state index is 9.10. The van der Waals surface area contributed by atoms with Gasteiger partial charge in [0, 0.05) is 5.02 Å². The van der Waals surface area contributed by atoms with Crippen LogP contribution >= 0.6 is 11.6 Å². The Morgan fingerprint density at radius 2 is 1.85 bits per heavy atom. The summed E-state index contributed by atoms with van der Waals surface area (Å²) in [5, 5.41) is 9.85. The van der Waals surface area contributed by atoms with Crippen LogP contribution in [0.4, 0.5) is 0 Å². The Morgan fingerprint density at radius 3 is 2.50 bits per heavy atom. The van der Waals surface area contributed by atoms with Crippen LogP contribution in [0.15, 0.2) is 36.4 Å². The van der Waals surface area contributed by atoms with E-state index in [2.05, 4.69) is 19.9 Å². The average Bonchev–Trinajstić information content (AvgIpc) is 2.42. The third-order valence-corrected chi connectivity index (χ3v) is 3.47. The third kappa shape index (κ3) is 2.95. The highest BCUT2D eigenvalue weighted by Crippen LogP contribution is 2.34. The van der Waals surface area contributed by atoms with Gasteiger partial charge in [-0.3, -0.25) is 0 Å². The second-order valence-corrected chi connectivity index (χ2v) is 5.41. The molecule has 3 heteroatoms. The summed E-state index contributed by atoms with van der Waals surface area (Å²) in [4.78, 5) is 0. The van der Waals surface area contributed by atoms with Gasteiger partial charge in [0.1, 0.15) is 17.6 Å². The molecule has 0 aliphatic heterocycles. The first-order valence-corrected chi connectivity index (χ1v) is 6.87. The first kappa shape index (κ1) is 14.4. The molecule has 20 heavy (non-hydrogen) atoms. The number of para-hydroxylation sites is 1. The van der Waals surface area contributed by atoms with Gasteiger partial charge in [-0.15, -0.1) is 0 Å². The lowest BCUT2D eigenvalue weighted by Gasteiger charge is -2.15. The molecule has 0 unspecified atom stereocenters. The van der Waals surface area contributed by atoms with E-state index in [1.807, 2.05) is 31.2 Å². The molecule has 0 radical (unpaired) electrons. The average molecular weight is 286 g/mol. The molecule has 0 amide bonds. The number of rotatable bonds is 3. The molecule has 0 aliphatic rings. The highest BCUT2D eigenvalue weighted by atomic mass is 35.5. The van der Waals surface area contributed by atoms with Crippen LogP contribution in [0.3, 0.4) is 0 Å². The largest absolute Gasteiger partial charge is 0.456 e. The quantitative estimate of drug-likeness (QED) is 0.752. The van der Waals surface area contributed by atoms with Gasteiger partial charge in [-0.2, -0.15) is 5.26 Å². The summed E-state index contributed by atoms with van der Waals surface area (Å²) in [6.07, 6.45) is 0. The van der Waals surface area contributed by atoms with E-state index in [1.165, 1.54) is 0 Å². The monoisotopic (exact) mass is 285 g/mol. The molecule has 0 saturated carbocycles. The van der Waals surface area contributed by atoms with Crippen LogP contribution < -0.4 is 4.74 Å². The van der Waals surface area contributed by atoms with E-state index in [9.17, 15) is 0 Å². The van der Waals surface area contributed by atoms with E-state index in [1.54, 1.807) is 12.1 Å². The Kier molecular flexibility index (Phi) is 4.32. The first-order valence-electron chi connectivity index (χ1n) is 6.50. The fourth-order valence-corrected chi connectivity index (χ4v) is 2.42. The molecule has 0 spiro atoms. The Balaban J connectivity index is 2.44. The van der Waals surface area contributed by atoms with Gasteiger partial charge in [0.2, 0.25) is 0 Å². The van der Waals surface area contributed by atoms with E-state index in [0.717, 1.165) is 21.9 Å². The van der Waals surface area contributed by atoms with Crippen LogP contribution in [0.5, 0.6) is 11.5 Å². The summed E-state index contributed by atoms with van der Waals surface area (Å²) in [6.45, 7) is 6.12. The van der Waals surface area contributed by atoms with E-state index in [-0.39, 0.29) is 0 Å². The Bertz CT molecular complexity index is 671. The molecule has 2 rings (SSSR count). The Labute approximate surface area is 124 Å². The van der Waals surface area contributed by atoms with E-state index >= 15 is 0 Å². The van der Waals surface area contributed by atoms with Crippen molar-refractivity contribution in [2.24, 2.45) is 0 Å². The summed E-state index contributed by atoms with van der Waals surface area (Å²) in [7, 11) is 0. The predicted molar refractivity (Wildman–Crippen MR) is 81.5 cm³/mol. The van der Waals surface area contributed by atoms with Crippen LogP contribution in [0.2, 0.25) is 5.02 Å². The lowest BCUT2D eigenvalue weighted by molar-refractivity contribution is 0.476. The number of nitrogens with zero attached hydrogens (tertiary/aromatic N) is 1. The Hall–Kier alpha value is -1.98. The fourth-order valence-electron chi connectivity index (χ4n) is 1.99.